The highest BCUT2D eigenvalue weighted by atomic mass is 14.9. The lowest BCUT2D eigenvalue weighted by molar-refractivity contribution is 0.309. The molecule has 0 rings (SSSR count). The van der Waals surface area contributed by atoms with Gasteiger partial charge in [-0.25, -0.2) is 0 Å². The van der Waals surface area contributed by atoms with Gasteiger partial charge in [-0.2, -0.15) is 0 Å². The van der Waals surface area contributed by atoms with Crippen LogP contribution in [0.4, 0.5) is 0 Å². The van der Waals surface area contributed by atoms with E-state index in [0.29, 0.717) is 6.04 Å². The van der Waals surface area contributed by atoms with Gasteiger partial charge >= 0.3 is 0 Å². The van der Waals surface area contributed by atoms with Crippen LogP contribution in [-0.2, 0) is 0 Å². The minimum Gasteiger partial charge on any atom is -0.314 e. The monoisotopic (exact) mass is 223 g/mol. The van der Waals surface area contributed by atoms with Crippen molar-refractivity contribution >= 4 is 0 Å². The van der Waals surface area contributed by atoms with Crippen LogP contribution in [0.5, 0.6) is 0 Å². The van der Waals surface area contributed by atoms with E-state index in [1.165, 1.54) is 32.1 Å². The first-order valence-electron chi connectivity index (χ1n) is 6.93. The molecule has 2 atom stereocenters. The molecule has 0 amide bonds. The van der Waals surface area contributed by atoms with Crippen molar-refractivity contribution in [3.8, 4) is 11.8 Å². The fourth-order valence-corrected chi connectivity index (χ4v) is 2.28. The van der Waals surface area contributed by atoms with E-state index in [1.54, 1.807) is 0 Å². The second kappa shape index (κ2) is 11.0. The smallest absolute Gasteiger partial charge is 0.0104 e. The average molecular weight is 223 g/mol. The summed E-state index contributed by atoms with van der Waals surface area (Å²) in [6.45, 7) is 9.79. The van der Waals surface area contributed by atoms with E-state index in [0.717, 1.165) is 18.9 Å². The lowest BCUT2D eigenvalue weighted by Gasteiger charge is -2.26. The van der Waals surface area contributed by atoms with Gasteiger partial charge in [0.2, 0.25) is 0 Å². The van der Waals surface area contributed by atoms with Gasteiger partial charge < -0.3 is 5.32 Å². The largest absolute Gasteiger partial charge is 0.314 e. The van der Waals surface area contributed by atoms with E-state index in [1.807, 2.05) is 6.92 Å². The number of rotatable bonds is 9. The molecule has 0 radical (unpaired) electrons. The summed E-state index contributed by atoms with van der Waals surface area (Å²) in [5.41, 5.74) is 0. The molecule has 0 aliphatic rings. The van der Waals surface area contributed by atoms with Crippen LogP contribution < -0.4 is 5.32 Å². The summed E-state index contributed by atoms with van der Waals surface area (Å²) < 4.78 is 0. The minimum absolute atomic E-state index is 0.669. The molecule has 94 valence electrons. The molecule has 0 fully saturated rings. The van der Waals surface area contributed by atoms with E-state index >= 15 is 0 Å². The molecule has 1 nitrogen and oxygen atoms in total. The van der Waals surface area contributed by atoms with Crippen LogP contribution in [0.25, 0.3) is 0 Å². The predicted octanol–water partition coefficient (Wildman–Crippen LogP) is 3.98. The Morgan fingerprint density at radius 1 is 1.12 bits per heavy atom. The van der Waals surface area contributed by atoms with Gasteiger partial charge in [0.25, 0.3) is 0 Å². The Kier molecular flexibility index (Phi) is 10.7. The lowest BCUT2D eigenvalue weighted by Crippen LogP contribution is -2.35. The average Bonchev–Trinajstić information content (AvgIpc) is 2.30. The standard InChI is InChI=1S/C15H29N/c1-5-9-11-13-15(16-8-4)14(7-3)12-10-6-2/h14-16H,6-8,10-13H2,1-4H3. The normalized spacial score (nSPS) is 14.0. The third kappa shape index (κ3) is 6.90. The zero-order valence-corrected chi connectivity index (χ0v) is 11.6. The highest BCUT2D eigenvalue weighted by Gasteiger charge is 2.17. The van der Waals surface area contributed by atoms with E-state index in [4.69, 9.17) is 0 Å². The molecular weight excluding hydrogens is 194 g/mol. The summed E-state index contributed by atoms with van der Waals surface area (Å²) in [6, 6.07) is 0.669. The van der Waals surface area contributed by atoms with Crippen molar-refractivity contribution in [3.63, 3.8) is 0 Å². The molecule has 0 aliphatic heterocycles. The van der Waals surface area contributed by atoms with Crippen LogP contribution in [0.1, 0.15) is 66.2 Å². The van der Waals surface area contributed by atoms with Crippen molar-refractivity contribution in [2.45, 2.75) is 72.3 Å². The van der Waals surface area contributed by atoms with Crippen molar-refractivity contribution in [3.05, 3.63) is 0 Å². The molecule has 0 bridgehead atoms. The Morgan fingerprint density at radius 3 is 2.38 bits per heavy atom. The second-order valence-corrected chi connectivity index (χ2v) is 4.44. The first-order valence-corrected chi connectivity index (χ1v) is 6.93. The van der Waals surface area contributed by atoms with Crippen molar-refractivity contribution in [2.75, 3.05) is 6.54 Å². The Bertz CT molecular complexity index is 199. The second-order valence-electron chi connectivity index (χ2n) is 4.44. The van der Waals surface area contributed by atoms with Gasteiger partial charge in [-0.15, -0.1) is 11.8 Å². The molecule has 0 saturated heterocycles. The van der Waals surface area contributed by atoms with Crippen LogP contribution in [-0.4, -0.2) is 12.6 Å². The zero-order valence-electron chi connectivity index (χ0n) is 11.6. The molecule has 0 aromatic carbocycles. The van der Waals surface area contributed by atoms with Crippen molar-refractivity contribution in [1.29, 1.82) is 0 Å². The van der Waals surface area contributed by atoms with Gasteiger partial charge in [-0.3, -0.25) is 0 Å². The maximum atomic E-state index is 3.63. The molecule has 0 saturated carbocycles. The molecule has 0 aliphatic carbocycles. The SMILES string of the molecule is CC#CCCC(NCC)C(CC)CCCC. The first-order chi connectivity index (χ1) is 7.79. The van der Waals surface area contributed by atoms with Gasteiger partial charge in [0.05, 0.1) is 0 Å². The molecular formula is C15H29N. The Labute approximate surface area is 102 Å². The summed E-state index contributed by atoms with van der Waals surface area (Å²) >= 11 is 0. The summed E-state index contributed by atoms with van der Waals surface area (Å²) in [7, 11) is 0. The van der Waals surface area contributed by atoms with E-state index in [-0.39, 0.29) is 0 Å². The lowest BCUT2D eigenvalue weighted by atomic mass is 9.88. The minimum atomic E-state index is 0.669. The van der Waals surface area contributed by atoms with Crippen LogP contribution >= 0.6 is 0 Å². The summed E-state index contributed by atoms with van der Waals surface area (Å²) in [5, 5.41) is 3.63. The number of hydrogen-bond acceptors (Lipinski definition) is 1. The molecule has 16 heavy (non-hydrogen) atoms. The van der Waals surface area contributed by atoms with E-state index in [2.05, 4.69) is 37.9 Å². The quantitative estimate of drug-likeness (QED) is 0.583. The highest BCUT2D eigenvalue weighted by molar-refractivity contribution is 4.96. The fourth-order valence-electron chi connectivity index (χ4n) is 2.28. The number of hydrogen-bond donors (Lipinski definition) is 1. The van der Waals surface area contributed by atoms with Crippen molar-refractivity contribution in [2.24, 2.45) is 5.92 Å². The summed E-state index contributed by atoms with van der Waals surface area (Å²) in [5.74, 6) is 7.00. The highest BCUT2D eigenvalue weighted by Crippen LogP contribution is 2.20. The van der Waals surface area contributed by atoms with Gasteiger partial charge in [0.15, 0.2) is 0 Å². The first kappa shape index (κ1) is 15.5. The van der Waals surface area contributed by atoms with Crippen molar-refractivity contribution < 1.29 is 0 Å². The van der Waals surface area contributed by atoms with Gasteiger partial charge in [0, 0.05) is 12.5 Å². The molecule has 1 heteroatoms. The van der Waals surface area contributed by atoms with Gasteiger partial charge in [0.1, 0.15) is 0 Å². The van der Waals surface area contributed by atoms with E-state index < -0.39 is 0 Å². The van der Waals surface area contributed by atoms with Crippen LogP contribution in [0, 0.1) is 17.8 Å². The number of unbranched alkanes of at least 4 members (excludes halogenated alkanes) is 1. The third-order valence-corrected chi connectivity index (χ3v) is 3.25. The molecule has 2 unspecified atom stereocenters. The fraction of sp³-hybridized carbons (Fsp3) is 0.867. The van der Waals surface area contributed by atoms with Crippen LogP contribution in [0.2, 0.25) is 0 Å². The molecule has 0 spiro atoms. The number of nitrogens with one attached hydrogen (secondary N) is 1. The van der Waals surface area contributed by atoms with Crippen molar-refractivity contribution in [1.82, 2.24) is 5.32 Å². The molecule has 0 aromatic rings. The Balaban J connectivity index is 4.13. The van der Waals surface area contributed by atoms with Crippen LogP contribution in [0.3, 0.4) is 0 Å². The topological polar surface area (TPSA) is 12.0 Å². The van der Waals surface area contributed by atoms with Gasteiger partial charge in [-0.05, 0) is 32.2 Å². The maximum absolute atomic E-state index is 3.63. The predicted molar refractivity (Wildman–Crippen MR) is 73.5 cm³/mol. The Hall–Kier alpha value is -0.480. The van der Waals surface area contributed by atoms with Crippen LogP contribution in [0.15, 0.2) is 0 Å². The summed E-state index contributed by atoms with van der Waals surface area (Å²) in [6.07, 6.45) is 7.57. The maximum Gasteiger partial charge on any atom is 0.0104 e. The summed E-state index contributed by atoms with van der Waals surface area (Å²) in [4.78, 5) is 0. The zero-order chi connectivity index (χ0) is 12.2. The molecule has 1 N–H and O–H groups in total. The molecule has 0 heterocycles. The Morgan fingerprint density at radius 2 is 1.88 bits per heavy atom. The van der Waals surface area contributed by atoms with Gasteiger partial charge in [-0.1, -0.05) is 40.0 Å². The molecule has 0 aromatic heterocycles. The van der Waals surface area contributed by atoms with E-state index in [9.17, 15) is 0 Å². The third-order valence-electron chi connectivity index (χ3n) is 3.25.